The molecule has 0 unspecified atom stereocenters. The van der Waals surface area contributed by atoms with Gasteiger partial charge in [-0.25, -0.2) is 0 Å². The van der Waals surface area contributed by atoms with Crippen molar-refractivity contribution in [1.29, 1.82) is 0 Å². The van der Waals surface area contributed by atoms with Crippen molar-refractivity contribution in [3.05, 3.63) is 64.7 Å². The molecule has 27 heavy (non-hydrogen) atoms. The number of ketones is 2. The SMILES string of the molecule is O=C(CN1CCCCCC1)Nc1ccc2c(c1)C(=O)c1ccccc1C2=O. The van der Waals surface area contributed by atoms with Crippen molar-refractivity contribution in [3.63, 3.8) is 0 Å². The summed E-state index contributed by atoms with van der Waals surface area (Å²) in [6.07, 6.45) is 4.70. The third kappa shape index (κ3) is 3.55. The molecule has 5 heteroatoms. The topological polar surface area (TPSA) is 66.5 Å². The quantitative estimate of drug-likeness (QED) is 0.776. The lowest BCUT2D eigenvalue weighted by atomic mass is 9.84. The van der Waals surface area contributed by atoms with Gasteiger partial charge < -0.3 is 5.32 Å². The number of carbonyl (C=O) groups is 3. The Hall–Kier alpha value is -2.79. The number of nitrogens with one attached hydrogen (secondary N) is 1. The van der Waals surface area contributed by atoms with Crippen LogP contribution in [-0.4, -0.2) is 42.0 Å². The fraction of sp³-hybridized carbons (Fsp3) is 0.318. The predicted octanol–water partition coefficient (Wildman–Crippen LogP) is 3.28. The van der Waals surface area contributed by atoms with E-state index in [9.17, 15) is 14.4 Å². The van der Waals surface area contributed by atoms with Crippen LogP contribution >= 0.6 is 0 Å². The zero-order valence-corrected chi connectivity index (χ0v) is 15.2. The van der Waals surface area contributed by atoms with E-state index in [2.05, 4.69) is 10.2 Å². The summed E-state index contributed by atoms with van der Waals surface area (Å²) in [6, 6.07) is 11.8. The molecule has 0 saturated carbocycles. The van der Waals surface area contributed by atoms with Crippen LogP contribution in [0.4, 0.5) is 5.69 Å². The van der Waals surface area contributed by atoms with Gasteiger partial charge >= 0.3 is 0 Å². The summed E-state index contributed by atoms with van der Waals surface area (Å²) in [5.41, 5.74) is 2.15. The van der Waals surface area contributed by atoms with Gasteiger partial charge in [0, 0.05) is 27.9 Å². The van der Waals surface area contributed by atoms with Crippen LogP contribution in [0.2, 0.25) is 0 Å². The Morgan fingerprint density at radius 3 is 2.07 bits per heavy atom. The molecule has 1 heterocycles. The third-order valence-corrected chi connectivity index (χ3v) is 5.27. The van der Waals surface area contributed by atoms with E-state index in [-0.39, 0.29) is 17.5 Å². The van der Waals surface area contributed by atoms with Gasteiger partial charge in [-0.15, -0.1) is 0 Å². The zero-order chi connectivity index (χ0) is 18.8. The third-order valence-electron chi connectivity index (χ3n) is 5.27. The summed E-state index contributed by atoms with van der Waals surface area (Å²) >= 11 is 0. The summed E-state index contributed by atoms with van der Waals surface area (Å²) in [5, 5.41) is 2.87. The Morgan fingerprint density at radius 1 is 0.815 bits per heavy atom. The van der Waals surface area contributed by atoms with Gasteiger partial charge in [0.1, 0.15) is 0 Å². The van der Waals surface area contributed by atoms with Crippen molar-refractivity contribution < 1.29 is 14.4 Å². The fourth-order valence-corrected chi connectivity index (χ4v) is 3.88. The standard InChI is InChI=1S/C22H22N2O3/c25-20(14-24-11-5-1-2-6-12-24)23-15-9-10-18-19(13-15)22(27)17-8-4-3-7-16(17)21(18)26/h3-4,7-10,13H,1-2,5-6,11-12,14H2,(H,23,25). The Kier molecular flexibility index (Phi) is 4.86. The molecule has 0 atom stereocenters. The molecule has 2 aliphatic rings. The minimum Gasteiger partial charge on any atom is -0.325 e. The molecule has 0 bridgehead atoms. The maximum atomic E-state index is 12.8. The molecule has 138 valence electrons. The highest BCUT2D eigenvalue weighted by Crippen LogP contribution is 2.29. The lowest BCUT2D eigenvalue weighted by Crippen LogP contribution is -2.34. The molecule has 1 amide bonds. The van der Waals surface area contributed by atoms with Crippen molar-refractivity contribution in [2.75, 3.05) is 25.0 Å². The van der Waals surface area contributed by atoms with Crippen molar-refractivity contribution >= 4 is 23.2 Å². The van der Waals surface area contributed by atoms with Crippen LogP contribution in [-0.2, 0) is 4.79 Å². The lowest BCUT2D eigenvalue weighted by molar-refractivity contribution is -0.117. The molecular formula is C22H22N2O3. The largest absolute Gasteiger partial charge is 0.325 e. The molecule has 1 aliphatic heterocycles. The average molecular weight is 362 g/mol. The maximum absolute atomic E-state index is 12.8. The minimum absolute atomic E-state index is 0.0909. The van der Waals surface area contributed by atoms with Crippen LogP contribution in [0, 0.1) is 0 Å². The molecule has 1 aliphatic carbocycles. The Bertz CT molecular complexity index is 912. The van der Waals surface area contributed by atoms with Crippen LogP contribution in [0.5, 0.6) is 0 Å². The summed E-state index contributed by atoms with van der Waals surface area (Å²) < 4.78 is 0. The Balaban J connectivity index is 1.52. The highest BCUT2D eigenvalue weighted by molar-refractivity contribution is 6.28. The van der Waals surface area contributed by atoms with Crippen LogP contribution in [0.3, 0.4) is 0 Å². The smallest absolute Gasteiger partial charge is 0.238 e. The summed E-state index contributed by atoms with van der Waals surface area (Å²) in [5.74, 6) is -0.418. The number of nitrogens with zero attached hydrogens (tertiary/aromatic N) is 1. The molecule has 1 N–H and O–H groups in total. The first-order valence-corrected chi connectivity index (χ1v) is 9.48. The highest BCUT2D eigenvalue weighted by Gasteiger charge is 2.29. The number of rotatable bonds is 3. The van der Waals surface area contributed by atoms with Gasteiger partial charge in [-0.05, 0) is 44.1 Å². The molecule has 0 radical (unpaired) electrons. The molecule has 2 aromatic carbocycles. The first kappa shape index (κ1) is 17.6. The average Bonchev–Trinajstić information content (AvgIpc) is 2.94. The predicted molar refractivity (Wildman–Crippen MR) is 103 cm³/mol. The van der Waals surface area contributed by atoms with Gasteiger partial charge in [0.25, 0.3) is 0 Å². The number of anilines is 1. The number of hydrogen-bond donors (Lipinski definition) is 1. The van der Waals surface area contributed by atoms with E-state index in [1.165, 1.54) is 12.8 Å². The number of benzene rings is 2. The number of amides is 1. The van der Waals surface area contributed by atoms with Crippen LogP contribution < -0.4 is 5.32 Å². The maximum Gasteiger partial charge on any atom is 0.238 e. The lowest BCUT2D eigenvalue weighted by Gasteiger charge is -2.20. The van der Waals surface area contributed by atoms with Crippen molar-refractivity contribution in [2.24, 2.45) is 0 Å². The Labute approximate surface area is 158 Å². The van der Waals surface area contributed by atoms with E-state index in [0.717, 1.165) is 25.9 Å². The number of hydrogen-bond acceptors (Lipinski definition) is 4. The van der Waals surface area contributed by atoms with E-state index in [1.54, 1.807) is 42.5 Å². The normalized spacial score (nSPS) is 17.0. The van der Waals surface area contributed by atoms with Gasteiger partial charge in [0.2, 0.25) is 5.91 Å². The van der Waals surface area contributed by atoms with E-state index in [1.807, 2.05) is 0 Å². The second-order valence-corrected chi connectivity index (χ2v) is 7.20. The second-order valence-electron chi connectivity index (χ2n) is 7.20. The van der Waals surface area contributed by atoms with E-state index < -0.39 is 0 Å². The molecule has 5 nitrogen and oxygen atoms in total. The highest BCUT2D eigenvalue weighted by atomic mass is 16.2. The first-order valence-electron chi connectivity index (χ1n) is 9.48. The minimum atomic E-state index is -0.177. The number of fused-ring (bicyclic) bond motifs is 2. The van der Waals surface area contributed by atoms with Gasteiger partial charge in [-0.3, -0.25) is 19.3 Å². The summed E-state index contributed by atoms with van der Waals surface area (Å²) in [4.78, 5) is 40.0. The van der Waals surface area contributed by atoms with Crippen molar-refractivity contribution in [2.45, 2.75) is 25.7 Å². The number of carbonyl (C=O) groups excluding carboxylic acids is 3. The Morgan fingerprint density at radius 2 is 1.41 bits per heavy atom. The van der Waals surface area contributed by atoms with Crippen LogP contribution in [0.15, 0.2) is 42.5 Å². The first-order chi connectivity index (χ1) is 13.1. The van der Waals surface area contributed by atoms with Crippen molar-refractivity contribution in [1.82, 2.24) is 4.90 Å². The van der Waals surface area contributed by atoms with Crippen LogP contribution in [0.1, 0.15) is 57.5 Å². The zero-order valence-electron chi connectivity index (χ0n) is 15.2. The van der Waals surface area contributed by atoms with E-state index in [4.69, 9.17) is 0 Å². The van der Waals surface area contributed by atoms with Crippen molar-refractivity contribution in [3.8, 4) is 0 Å². The monoisotopic (exact) mass is 362 g/mol. The molecule has 1 saturated heterocycles. The second kappa shape index (κ2) is 7.45. The molecule has 4 rings (SSSR count). The van der Waals surface area contributed by atoms with Gasteiger partial charge in [0.15, 0.2) is 11.6 Å². The summed E-state index contributed by atoms with van der Waals surface area (Å²) in [7, 11) is 0. The molecule has 2 aromatic rings. The van der Waals surface area contributed by atoms with Gasteiger partial charge in [-0.1, -0.05) is 37.1 Å². The molecule has 1 fully saturated rings. The molecule has 0 spiro atoms. The molecular weight excluding hydrogens is 340 g/mol. The van der Waals surface area contributed by atoms with E-state index >= 15 is 0 Å². The number of likely N-dealkylation sites (tertiary alicyclic amines) is 1. The summed E-state index contributed by atoms with van der Waals surface area (Å²) in [6.45, 7) is 2.25. The fourth-order valence-electron chi connectivity index (χ4n) is 3.88. The van der Waals surface area contributed by atoms with E-state index in [0.29, 0.717) is 34.5 Å². The van der Waals surface area contributed by atoms with Gasteiger partial charge in [-0.2, -0.15) is 0 Å². The van der Waals surface area contributed by atoms with Crippen LogP contribution in [0.25, 0.3) is 0 Å². The molecule has 0 aromatic heterocycles. The van der Waals surface area contributed by atoms with Gasteiger partial charge in [0.05, 0.1) is 6.54 Å².